The molecule has 0 atom stereocenters. The number of amidine groups is 1. The first-order valence-corrected chi connectivity index (χ1v) is 17.2. The lowest BCUT2D eigenvalue weighted by Crippen LogP contribution is -2.54. The first-order valence-electron chi connectivity index (χ1n) is 17.2. The van der Waals surface area contributed by atoms with Crippen LogP contribution in [0.4, 0.5) is 22.7 Å². The molecule has 2 heterocycles. The second-order valence-electron chi connectivity index (χ2n) is 13.1. The van der Waals surface area contributed by atoms with Gasteiger partial charge in [0, 0.05) is 16.9 Å². The lowest BCUT2D eigenvalue weighted by atomic mass is 9.35. The minimum atomic E-state index is 0.0118. The van der Waals surface area contributed by atoms with E-state index in [0.717, 1.165) is 34.1 Å². The van der Waals surface area contributed by atoms with Gasteiger partial charge in [-0.05, 0) is 69.3 Å². The summed E-state index contributed by atoms with van der Waals surface area (Å²) in [6.07, 6.45) is 1.91. The number of rotatable bonds is 8. The molecule has 2 aliphatic rings. The maximum absolute atomic E-state index is 5.23. The minimum Gasteiger partial charge on any atom is -0.311 e. The van der Waals surface area contributed by atoms with Gasteiger partial charge in [0.15, 0.2) is 5.84 Å². The Morgan fingerprint density at radius 1 is 0.520 bits per heavy atom. The summed E-state index contributed by atoms with van der Waals surface area (Å²) in [7, 11) is 0. The molecule has 0 unspecified atom stereocenters. The molecule has 0 bridgehead atoms. The Labute approximate surface area is 295 Å². The van der Waals surface area contributed by atoms with Crippen molar-refractivity contribution in [3.8, 4) is 0 Å². The summed E-state index contributed by atoms with van der Waals surface area (Å²) in [6.45, 7) is 7.95. The molecule has 0 saturated carbocycles. The summed E-state index contributed by atoms with van der Waals surface area (Å²) in [5.41, 5.74) is 13.1. The molecule has 6 nitrogen and oxygen atoms in total. The number of hydrogen-bond acceptors (Lipinski definition) is 6. The highest BCUT2D eigenvalue weighted by molar-refractivity contribution is 6.96. The maximum atomic E-state index is 5.23. The van der Waals surface area contributed by atoms with E-state index in [-0.39, 0.29) is 6.71 Å². The second-order valence-corrected chi connectivity index (χ2v) is 13.1. The van der Waals surface area contributed by atoms with Gasteiger partial charge in [0.05, 0.1) is 11.4 Å². The van der Waals surface area contributed by atoms with Crippen molar-refractivity contribution in [3.63, 3.8) is 0 Å². The van der Waals surface area contributed by atoms with Crippen LogP contribution in [-0.2, 0) is 0 Å². The lowest BCUT2D eigenvalue weighted by Gasteiger charge is -2.25. The molecule has 0 fully saturated rings. The van der Waals surface area contributed by atoms with Crippen molar-refractivity contribution in [1.29, 1.82) is 0 Å². The van der Waals surface area contributed by atoms with Crippen LogP contribution in [0.15, 0.2) is 162 Å². The number of hydrazone groups is 2. The van der Waals surface area contributed by atoms with Crippen molar-refractivity contribution in [2.45, 2.75) is 20.8 Å². The number of benzene rings is 6. The molecule has 0 radical (unpaired) electrons. The monoisotopic (exact) mass is 650 g/mol. The predicted molar refractivity (Wildman–Crippen MR) is 212 cm³/mol. The highest BCUT2D eigenvalue weighted by atomic mass is 15.6. The first kappa shape index (κ1) is 31.2. The fraction of sp³-hybridized carbons (Fsp3) is 0.116. The van der Waals surface area contributed by atoms with Gasteiger partial charge in [-0.2, -0.15) is 10.2 Å². The third-order valence-corrected chi connectivity index (χ3v) is 9.58. The summed E-state index contributed by atoms with van der Waals surface area (Å²) in [6, 6.07) is 53.8. The van der Waals surface area contributed by atoms with Crippen LogP contribution in [-0.4, -0.2) is 32.2 Å². The molecule has 0 aliphatic carbocycles. The van der Waals surface area contributed by atoms with Crippen molar-refractivity contribution >= 4 is 58.0 Å². The zero-order chi connectivity index (χ0) is 34.0. The molecule has 50 heavy (non-hydrogen) atoms. The average molecular weight is 651 g/mol. The zero-order valence-corrected chi connectivity index (χ0v) is 28.7. The van der Waals surface area contributed by atoms with E-state index in [1.54, 1.807) is 0 Å². The van der Waals surface area contributed by atoms with E-state index < -0.39 is 0 Å². The van der Waals surface area contributed by atoms with Gasteiger partial charge in [0.2, 0.25) is 6.71 Å². The SMILES string of the molecule is Cc1cc(C)c(B(c2cccc(N3CN(c4ccccc4)C=N3)c2)c2cccc(N3CN(c4ccccc4)C(c4ccccc4)=N3)c2)c(C)c1. The van der Waals surface area contributed by atoms with Crippen LogP contribution in [0.2, 0.25) is 0 Å². The van der Waals surface area contributed by atoms with Gasteiger partial charge in [0.1, 0.15) is 19.7 Å². The third-order valence-electron chi connectivity index (χ3n) is 9.58. The van der Waals surface area contributed by atoms with Gasteiger partial charge < -0.3 is 9.80 Å². The molecule has 0 N–H and O–H groups in total. The number of hydrogen-bond donors (Lipinski definition) is 0. The van der Waals surface area contributed by atoms with E-state index in [4.69, 9.17) is 10.2 Å². The van der Waals surface area contributed by atoms with E-state index in [0.29, 0.717) is 13.3 Å². The van der Waals surface area contributed by atoms with Gasteiger partial charge >= 0.3 is 0 Å². The van der Waals surface area contributed by atoms with E-state index >= 15 is 0 Å². The Balaban J connectivity index is 1.18. The first-order chi connectivity index (χ1) is 24.5. The Morgan fingerprint density at radius 3 is 1.68 bits per heavy atom. The van der Waals surface area contributed by atoms with E-state index in [9.17, 15) is 0 Å². The fourth-order valence-electron chi connectivity index (χ4n) is 7.31. The highest BCUT2D eigenvalue weighted by Crippen LogP contribution is 2.27. The second kappa shape index (κ2) is 13.4. The summed E-state index contributed by atoms with van der Waals surface area (Å²) in [5, 5.41) is 14.2. The van der Waals surface area contributed by atoms with E-state index in [1.807, 2.05) is 18.5 Å². The average Bonchev–Trinajstić information content (AvgIpc) is 3.84. The molecule has 7 heteroatoms. The normalized spacial score (nSPS) is 14.0. The standard InChI is InChI=1S/C43H39BN6/c1-32-25-33(2)42(34(3)26-32)44(36-17-13-23-40(27-36)49-30-47(29-45-49)38-19-9-5-10-20-38)37-18-14-24-41(28-37)50-31-48(39-21-11-6-12-22-39)43(46-50)35-15-7-4-8-16-35/h4-29H,30-31H2,1-3H3. The Bertz CT molecular complexity index is 2160. The summed E-state index contributed by atoms with van der Waals surface area (Å²) >= 11 is 0. The lowest BCUT2D eigenvalue weighted by molar-refractivity contribution is 0.912. The van der Waals surface area contributed by atoms with Crippen LogP contribution in [0.1, 0.15) is 22.3 Å². The van der Waals surface area contributed by atoms with Crippen molar-refractivity contribution in [2.75, 3.05) is 33.2 Å². The van der Waals surface area contributed by atoms with E-state index in [1.165, 1.54) is 33.1 Å². The molecule has 6 aromatic rings. The Morgan fingerprint density at radius 2 is 1.06 bits per heavy atom. The zero-order valence-electron chi connectivity index (χ0n) is 28.7. The summed E-state index contributed by atoms with van der Waals surface area (Å²) < 4.78 is 0. The molecule has 6 aromatic carbocycles. The summed E-state index contributed by atoms with van der Waals surface area (Å²) in [4.78, 5) is 4.45. The van der Waals surface area contributed by atoms with Crippen molar-refractivity contribution < 1.29 is 0 Å². The van der Waals surface area contributed by atoms with E-state index in [2.05, 4.69) is 180 Å². The number of anilines is 4. The molecule has 244 valence electrons. The fourth-order valence-corrected chi connectivity index (χ4v) is 7.31. The molecule has 2 aliphatic heterocycles. The largest absolute Gasteiger partial charge is 0.311 e. The minimum absolute atomic E-state index is 0.0118. The topological polar surface area (TPSA) is 37.7 Å². The van der Waals surface area contributed by atoms with Gasteiger partial charge in [-0.1, -0.05) is 136 Å². The van der Waals surface area contributed by atoms with Crippen LogP contribution in [0.5, 0.6) is 0 Å². The molecule has 0 aromatic heterocycles. The van der Waals surface area contributed by atoms with Crippen molar-refractivity contribution in [1.82, 2.24) is 0 Å². The molecular weight excluding hydrogens is 611 g/mol. The van der Waals surface area contributed by atoms with Gasteiger partial charge in [-0.25, -0.2) is 10.0 Å². The van der Waals surface area contributed by atoms with Gasteiger partial charge in [-0.3, -0.25) is 0 Å². The van der Waals surface area contributed by atoms with Gasteiger partial charge in [0.25, 0.3) is 0 Å². The smallest absolute Gasteiger partial charge is 0.242 e. The molecule has 0 saturated heterocycles. The van der Waals surface area contributed by atoms with Crippen molar-refractivity contribution in [2.24, 2.45) is 10.2 Å². The van der Waals surface area contributed by atoms with Crippen LogP contribution >= 0.6 is 0 Å². The molecule has 8 rings (SSSR count). The number of nitrogens with zero attached hydrogens (tertiary/aromatic N) is 6. The maximum Gasteiger partial charge on any atom is 0.242 e. The Hall–Kier alpha value is -6.08. The highest BCUT2D eigenvalue weighted by Gasteiger charge is 2.30. The van der Waals surface area contributed by atoms with Crippen LogP contribution < -0.4 is 36.2 Å². The van der Waals surface area contributed by atoms with Crippen LogP contribution in [0, 0.1) is 20.8 Å². The number of para-hydroxylation sites is 2. The van der Waals surface area contributed by atoms with Crippen LogP contribution in [0.3, 0.4) is 0 Å². The summed E-state index contributed by atoms with van der Waals surface area (Å²) in [5.74, 6) is 0.937. The van der Waals surface area contributed by atoms with Crippen LogP contribution in [0.25, 0.3) is 0 Å². The molecule has 0 spiro atoms. The van der Waals surface area contributed by atoms with Gasteiger partial charge in [-0.15, -0.1) is 0 Å². The van der Waals surface area contributed by atoms with Crippen molar-refractivity contribution in [3.05, 3.63) is 174 Å². The molecular formula is C43H39BN6. The third kappa shape index (κ3) is 6.14. The number of aryl methyl sites for hydroxylation is 3. The Kier molecular flexibility index (Phi) is 8.39. The predicted octanol–water partition coefficient (Wildman–Crippen LogP) is 7.00. The molecule has 0 amide bonds. The quantitative estimate of drug-likeness (QED) is 0.166.